The lowest BCUT2D eigenvalue weighted by molar-refractivity contribution is -0.134. The molecule has 0 aromatic carbocycles. The second kappa shape index (κ2) is 6.31. The largest absolute Gasteiger partial charge is 0.378 e. The van der Waals surface area contributed by atoms with Crippen LogP contribution in [0, 0.1) is 0 Å². The fourth-order valence-electron chi connectivity index (χ4n) is 1.62. The summed E-state index contributed by atoms with van der Waals surface area (Å²) in [5.74, 6) is 0.690. The lowest BCUT2D eigenvalue weighted by atomic mass is 10.3. The number of hydrogen-bond donors (Lipinski definition) is 1. The molecule has 0 aliphatic carbocycles. The lowest BCUT2D eigenvalue weighted by Gasteiger charge is -2.26. The third-order valence-corrected chi connectivity index (χ3v) is 2.56. The summed E-state index contributed by atoms with van der Waals surface area (Å²) in [4.78, 5) is 17.4. The second-order valence-corrected chi connectivity index (χ2v) is 3.75. The van der Waals surface area contributed by atoms with E-state index in [1.165, 1.54) is 6.33 Å². The Kier molecular flexibility index (Phi) is 4.45. The van der Waals surface area contributed by atoms with Crippen molar-refractivity contribution in [2.24, 2.45) is 0 Å². The molecule has 1 fully saturated rings. The SMILES string of the molecule is O=C(CNCCc1ncno1)N1CCOCC1. The zero-order valence-corrected chi connectivity index (χ0v) is 9.59. The molecular formula is C10H16N4O3. The van der Waals surface area contributed by atoms with E-state index in [0.717, 1.165) is 0 Å². The number of carbonyl (C=O) groups excluding carboxylic acids is 1. The van der Waals surface area contributed by atoms with Crippen molar-refractivity contribution in [2.75, 3.05) is 39.4 Å². The Morgan fingerprint density at radius 2 is 2.29 bits per heavy atom. The van der Waals surface area contributed by atoms with Crippen LogP contribution in [0.3, 0.4) is 0 Å². The van der Waals surface area contributed by atoms with E-state index < -0.39 is 0 Å². The Bertz CT molecular complexity index is 335. The zero-order chi connectivity index (χ0) is 11.9. The fourth-order valence-corrected chi connectivity index (χ4v) is 1.62. The van der Waals surface area contributed by atoms with Gasteiger partial charge in [-0.1, -0.05) is 5.16 Å². The molecule has 0 atom stereocenters. The smallest absolute Gasteiger partial charge is 0.236 e. The van der Waals surface area contributed by atoms with Crippen molar-refractivity contribution in [1.82, 2.24) is 20.4 Å². The minimum absolute atomic E-state index is 0.110. The Balaban J connectivity index is 1.59. The molecule has 7 nitrogen and oxygen atoms in total. The topological polar surface area (TPSA) is 80.5 Å². The Labute approximate surface area is 99.1 Å². The van der Waals surface area contributed by atoms with Gasteiger partial charge >= 0.3 is 0 Å². The van der Waals surface area contributed by atoms with Crippen LogP contribution in [-0.2, 0) is 16.0 Å². The van der Waals surface area contributed by atoms with E-state index >= 15 is 0 Å². The monoisotopic (exact) mass is 240 g/mol. The summed E-state index contributed by atoms with van der Waals surface area (Å²) in [5.41, 5.74) is 0. The molecule has 0 spiro atoms. The number of amides is 1. The summed E-state index contributed by atoms with van der Waals surface area (Å²) in [6.07, 6.45) is 2.00. The maximum Gasteiger partial charge on any atom is 0.236 e. The van der Waals surface area contributed by atoms with Crippen LogP contribution in [0.25, 0.3) is 0 Å². The minimum atomic E-state index is 0.110. The maximum absolute atomic E-state index is 11.7. The first-order valence-electron chi connectivity index (χ1n) is 5.68. The Morgan fingerprint density at radius 1 is 1.47 bits per heavy atom. The number of rotatable bonds is 5. The molecule has 94 valence electrons. The molecule has 1 aromatic rings. The standard InChI is InChI=1S/C10H16N4O3/c15-10(14-3-5-16-6-4-14)7-11-2-1-9-12-8-13-17-9/h8,11H,1-7H2. The van der Waals surface area contributed by atoms with Crippen molar-refractivity contribution in [3.05, 3.63) is 12.2 Å². The average Bonchev–Trinajstić information content (AvgIpc) is 2.88. The average molecular weight is 240 g/mol. The quantitative estimate of drug-likeness (QED) is 0.669. The van der Waals surface area contributed by atoms with Gasteiger partial charge in [0.15, 0.2) is 6.33 Å². The van der Waals surface area contributed by atoms with E-state index in [1.54, 1.807) is 0 Å². The number of ether oxygens (including phenoxy) is 1. The lowest BCUT2D eigenvalue weighted by Crippen LogP contribution is -2.44. The molecule has 1 amide bonds. The normalized spacial score (nSPS) is 16.1. The molecule has 17 heavy (non-hydrogen) atoms. The molecule has 0 radical (unpaired) electrons. The van der Waals surface area contributed by atoms with Gasteiger partial charge in [0.25, 0.3) is 0 Å². The molecular weight excluding hydrogens is 224 g/mol. The highest BCUT2D eigenvalue weighted by atomic mass is 16.5. The maximum atomic E-state index is 11.7. The predicted octanol–water partition coefficient (Wildman–Crippen LogP) is -0.939. The molecule has 2 rings (SSSR count). The van der Waals surface area contributed by atoms with Crippen LogP contribution >= 0.6 is 0 Å². The van der Waals surface area contributed by atoms with Gasteiger partial charge in [-0.15, -0.1) is 0 Å². The first kappa shape index (κ1) is 12.0. The van der Waals surface area contributed by atoms with E-state index in [1.807, 2.05) is 4.90 Å². The molecule has 1 saturated heterocycles. The summed E-state index contributed by atoms with van der Waals surface area (Å²) in [6.45, 7) is 3.63. The first-order valence-corrected chi connectivity index (χ1v) is 5.68. The van der Waals surface area contributed by atoms with E-state index in [9.17, 15) is 4.79 Å². The molecule has 0 saturated carbocycles. The molecule has 7 heteroatoms. The summed E-state index contributed by atoms with van der Waals surface area (Å²) in [7, 11) is 0. The summed E-state index contributed by atoms with van der Waals surface area (Å²) in [6, 6.07) is 0. The van der Waals surface area contributed by atoms with Crippen molar-refractivity contribution < 1.29 is 14.1 Å². The summed E-state index contributed by atoms with van der Waals surface area (Å²) in [5, 5.41) is 6.57. The van der Waals surface area contributed by atoms with E-state index in [4.69, 9.17) is 9.26 Å². The van der Waals surface area contributed by atoms with Crippen LogP contribution < -0.4 is 5.32 Å². The van der Waals surface area contributed by atoms with E-state index in [0.29, 0.717) is 51.7 Å². The number of hydrogen-bond acceptors (Lipinski definition) is 6. The molecule has 0 bridgehead atoms. The number of aromatic nitrogens is 2. The summed E-state index contributed by atoms with van der Waals surface area (Å²) < 4.78 is 10.0. The third-order valence-electron chi connectivity index (χ3n) is 2.56. The number of morpholine rings is 1. The summed E-state index contributed by atoms with van der Waals surface area (Å²) >= 11 is 0. The zero-order valence-electron chi connectivity index (χ0n) is 9.59. The van der Waals surface area contributed by atoms with Gasteiger partial charge in [-0.2, -0.15) is 4.98 Å². The van der Waals surface area contributed by atoms with Gasteiger partial charge in [-0.05, 0) is 0 Å². The Hall–Kier alpha value is -1.47. The highest BCUT2D eigenvalue weighted by molar-refractivity contribution is 5.78. The fraction of sp³-hybridized carbons (Fsp3) is 0.700. The molecule has 0 unspecified atom stereocenters. The van der Waals surface area contributed by atoms with Crippen LogP contribution in [0.1, 0.15) is 5.89 Å². The van der Waals surface area contributed by atoms with E-state index in [-0.39, 0.29) is 5.91 Å². The molecule has 1 N–H and O–H groups in total. The molecule has 1 aliphatic rings. The number of nitrogens with zero attached hydrogens (tertiary/aromatic N) is 3. The van der Waals surface area contributed by atoms with Crippen molar-refractivity contribution in [3.63, 3.8) is 0 Å². The highest BCUT2D eigenvalue weighted by Gasteiger charge is 2.15. The van der Waals surface area contributed by atoms with Crippen LogP contribution in [0.4, 0.5) is 0 Å². The van der Waals surface area contributed by atoms with Gasteiger partial charge < -0.3 is 19.5 Å². The van der Waals surface area contributed by atoms with Crippen LogP contribution in [0.2, 0.25) is 0 Å². The van der Waals surface area contributed by atoms with Crippen LogP contribution in [0.15, 0.2) is 10.9 Å². The molecule has 1 aliphatic heterocycles. The van der Waals surface area contributed by atoms with Crippen molar-refractivity contribution in [1.29, 1.82) is 0 Å². The molecule has 2 heterocycles. The van der Waals surface area contributed by atoms with Gasteiger partial charge in [0.05, 0.1) is 19.8 Å². The van der Waals surface area contributed by atoms with Gasteiger partial charge in [0.2, 0.25) is 11.8 Å². The van der Waals surface area contributed by atoms with Crippen molar-refractivity contribution in [2.45, 2.75) is 6.42 Å². The second-order valence-electron chi connectivity index (χ2n) is 3.75. The van der Waals surface area contributed by atoms with Gasteiger partial charge in [-0.3, -0.25) is 4.79 Å². The highest BCUT2D eigenvalue weighted by Crippen LogP contribution is 1.96. The van der Waals surface area contributed by atoms with Gasteiger partial charge in [-0.25, -0.2) is 0 Å². The van der Waals surface area contributed by atoms with Gasteiger partial charge in [0, 0.05) is 26.1 Å². The Morgan fingerprint density at radius 3 is 3.00 bits per heavy atom. The number of carbonyl (C=O) groups is 1. The van der Waals surface area contributed by atoms with Gasteiger partial charge in [0.1, 0.15) is 0 Å². The predicted molar refractivity (Wildman–Crippen MR) is 58.3 cm³/mol. The van der Waals surface area contributed by atoms with Crippen molar-refractivity contribution >= 4 is 5.91 Å². The number of nitrogens with one attached hydrogen (secondary N) is 1. The van der Waals surface area contributed by atoms with Crippen LogP contribution in [-0.4, -0.2) is 60.3 Å². The minimum Gasteiger partial charge on any atom is -0.378 e. The van der Waals surface area contributed by atoms with Crippen LogP contribution in [0.5, 0.6) is 0 Å². The first-order chi connectivity index (χ1) is 8.36. The molecule has 1 aromatic heterocycles. The van der Waals surface area contributed by atoms with E-state index in [2.05, 4.69) is 15.5 Å². The third kappa shape index (κ3) is 3.79. The van der Waals surface area contributed by atoms with Crippen molar-refractivity contribution in [3.8, 4) is 0 Å².